The molecule has 0 spiro atoms. The van der Waals surface area contributed by atoms with E-state index in [1.165, 1.54) is 0 Å². The number of nitrogens with one attached hydrogen (secondary N) is 11. The third-order valence-corrected chi connectivity index (χ3v) is 9.33. The standard InChI is InChI=1S/C39H68N16O9/c40-16-6-4-12-26(34(61)51-21-30(56)49-23-32(58)59)53-36(63)28(14-8-18-47-38(43)44)55-37(64)29(15-9-19-48-39(45)46)54-35(62)27(13-5-7-17-41)52-31(57)22-50-33(60)25(42)20-24-10-2-1-3-11-24/h1-3,10-11,25-29H,4-9,12-23,40-42H2,(H,49,56)(H,50,60)(H,51,61)(H,52,57)(H,53,63)(H,54,62)(H,55,64)(H,58,59)(H4,43,44,47)(H4,45,46,48)/t25-,26-,27-,28-,29-/m0/s1. The van der Waals surface area contributed by atoms with Gasteiger partial charge >= 0.3 is 5.97 Å². The Morgan fingerprint density at radius 3 is 1.39 bits per heavy atom. The maximum absolute atomic E-state index is 14.1. The number of aliphatic carboxylic acids is 1. The first-order valence-corrected chi connectivity index (χ1v) is 21.1. The molecule has 25 heteroatoms. The highest BCUT2D eigenvalue weighted by Gasteiger charge is 2.31. The van der Waals surface area contributed by atoms with E-state index in [4.69, 9.17) is 44.6 Å². The number of hydrogen-bond acceptors (Lipinski definition) is 13. The van der Waals surface area contributed by atoms with E-state index >= 15 is 0 Å². The van der Waals surface area contributed by atoms with Crippen LogP contribution in [0.5, 0.6) is 0 Å². The third-order valence-electron chi connectivity index (χ3n) is 9.33. The van der Waals surface area contributed by atoms with Crippen LogP contribution < -0.4 is 76.5 Å². The van der Waals surface area contributed by atoms with Crippen molar-refractivity contribution in [2.75, 3.05) is 45.8 Å². The second-order valence-corrected chi connectivity index (χ2v) is 14.7. The van der Waals surface area contributed by atoms with E-state index in [0.29, 0.717) is 32.2 Å². The number of carboxylic acid groups (broad SMARTS) is 1. The first-order valence-electron chi connectivity index (χ1n) is 21.1. The molecule has 0 heterocycles. The van der Waals surface area contributed by atoms with Gasteiger partial charge in [0, 0.05) is 13.1 Å². The highest BCUT2D eigenvalue weighted by Crippen LogP contribution is 2.08. The van der Waals surface area contributed by atoms with Crippen molar-refractivity contribution in [1.29, 1.82) is 10.8 Å². The van der Waals surface area contributed by atoms with Crippen molar-refractivity contribution < 1.29 is 43.5 Å². The molecular formula is C39H68N16O9. The lowest BCUT2D eigenvalue weighted by molar-refractivity contribution is -0.138. The van der Waals surface area contributed by atoms with Gasteiger partial charge in [0.25, 0.3) is 0 Å². The number of amides is 7. The predicted molar refractivity (Wildman–Crippen MR) is 237 cm³/mol. The van der Waals surface area contributed by atoms with E-state index in [2.05, 4.69) is 47.9 Å². The minimum atomic E-state index is -1.32. The van der Waals surface area contributed by atoms with Gasteiger partial charge in [-0.2, -0.15) is 0 Å². The lowest BCUT2D eigenvalue weighted by Crippen LogP contribution is -2.59. The number of nitrogens with two attached hydrogens (primary N) is 5. The van der Waals surface area contributed by atoms with Crippen LogP contribution in [0.2, 0.25) is 0 Å². The summed E-state index contributed by atoms with van der Waals surface area (Å²) in [6.07, 6.45) is 2.51. The fourth-order valence-electron chi connectivity index (χ4n) is 5.97. The molecule has 0 unspecified atom stereocenters. The number of benzene rings is 1. The lowest BCUT2D eigenvalue weighted by atomic mass is 10.0. The van der Waals surface area contributed by atoms with Gasteiger partial charge in [-0.25, -0.2) is 0 Å². The highest BCUT2D eigenvalue weighted by atomic mass is 16.4. The Bertz CT molecular complexity index is 1690. The number of carbonyl (C=O) groups excluding carboxylic acids is 7. The van der Waals surface area contributed by atoms with Crippen LogP contribution >= 0.6 is 0 Å². The molecule has 0 fully saturated rings. The molecule has 0 saturated heterocycles. The summed E-state index contributed by atoms with van der Waals surface area (Å²) in [4.78, 5) is 104. The van der Waals surface area contributed by atoms with Gasteiger partial charge < -0.3 is 81.6 Å². The van der Waals surface area contributed by atoms with Crippen molar-refractivity contribution in [2.24, 2.45) is 28.7 Å². The van der Waals surface area contributed by atoms with Gasteiger partial charge in [-0.1, -0.05) is 30.3 Å². The van der Waals surface area contributed by atoms with Gasteiger partial charge in [-0.05, 0) is 89.3 Å². The molecule has 1 rings (SSSR count). The van der Waals surface area contributed by atoms with Crippen molar-refractivity contribution in [3.8, 4) is 0 Å². The average molecular weight is 905 g/mol. The molecule has 358 valence electrons. The van der Waals surface area contributed by atoms with Crippen molar-refractivity contribution in [2.45, 2.75) is 101 Å². The topological polar surface area (TPSA) is 443 Å². The number of guanidine groups is 2. The zero-order valence-corrected chi connectivity index (χ0v) is 36.1. The van der Waals surface area contributed by atoms with Crippen LogP contribution in [0, 0.1) is 10.8 Å². The van der Waals surface area contributed by atoms with Gasteiger partial charge in [-0.15, -0.1) is 0 Å². The van der Waals surface area contributed by atoms with E-state index < -0.39 is 97.2 Å². The summed E-state index contributed by atoms with van der Waals surface area (Å²) in [5, 5.41) is 46.4. The van der Waals surface area contributed by atoms with Gasteiger partial charge in [0.15, 0.2) is 11.9 Å². The van der Waals surface area contributed by atoms with E-state index in [1.807, 2.05) is 18.2 Å². The zero-order chi connectivity index (χ0) is 47.9. The summed E-state index contributed by atoms with van der Waals surface area (Å²) in [7, 11) is 0. The maximum atomic E-state index is 14.1. The number of unbranched alkanes of at least 4 members (excludes halogenated alkanes) is 2. The van der Waals surface area contributed by atoms with Gasteiger partial charge in [0.05, 0.1) is 19.1 Å². The number of carbonyl (C=O) groups is 8. The normalized spacial score (nSPS) is 13.0. The van der Waals surface area contributed by atoms with Gasteiger partial charge in [0.2, 0.25) is 41.4 Å². The molecule has 0 aliphatic carbocycles. The Balaban J connectivity index is 3.29. The van der Waals surface area contributed by atoms with Crippen LogP contribution in [0.25, 0.3) is 0 Å². The monoisotopic (exact) mass is 905 g/mol. The lowest BCUT2D eigenvalue weighted by Gasteiger charge is -2.27. The van der Waals surface area contributed by atoms with Crippen LogP contribution in [0.3, 0.4) is 0 Å². The van der Waals surface area contributed by atoms with Crippen molar-refractivity contribution in [1.82, 2.24) is 47.9 Å². The minimum absolute atomic E-state index is 0.0367. The average Bonchev–Trinajstić information content (AvgIpc) is 3.25. The second kappa shape index (κ2) is 32.1. The molecule has 25 nitrogen and oxygen atoms in total. The second-order valence-electron chi connectivity index (χ2n) is 14.7. The molecule has 22 N–H and O–H groups in total. The van der Waals surface area contributed by atoms with E-state index in [-0.39, 0.29) is 76.5 Å². The van der Waals surface area contributed by atoms with Crippen LogP contribution in [0.15, 0.2) is 30.3 Å². The summed E-state index contributed by atoms with van der Waals surface area (Å²) in [5.74, 6) is -7.18. The molecule has 0 radical (unpaired) electrons. The number of carboxylic acids is 1. The fourth-order valence-corrected chi connectivity index (χ4v) is 5.97. The minimum Gasteiger partial charge on any atom is -0.480 e. The Hall–Kier alpha value is -6.60. The molecular weight excluding hydrogens is 837 g/mol. The quantitative estimate of drug-likeness (QED) is 0.0178. The highest BCUT2D eigenvalue weighted by molar-refractivity contribution is 5.96. The zero-order valence-electron chi connectivity index (χ0n) is 36.1. The molecule has 5 atom stereocenters. The summed E-state index contributed by atoms with van der Waals surface area (Å²) < 4.78 is 0. The first-order chi connectivity index (χ1) is 30.5. The van der Waals surface area contributed by atoms with Crippen molar-refractivity contribution in [3.63, 3.8) is 0 Å². The summed E-state index contributed by atoms with van der Waals surface area (Å²) in [5.41, 5.74) is 29.0. The van der Waals surface area contributed by atoms with E-state index in [9.17, 15) is 38.4 Å². The predicted octanol–water partition coefficient (Wildman–Crippen LogP) is -5.29. The molecule has 0 aromatic heterocycles. The first kappa shape index (κ1) is 55.4. The molecule has 7 amide bonds. The smallest absolute Gasteiger partial charge is 0.322 e. The molecule has 64 heavy (non-hydrogen) atoms. The van der Waals surface area contributed by atoms with Crippen LogP contribution in [0.4, 0.5) is 0 Å². The number of hydrogen-bond donors (Lipinski definition) is 17. The number of rotatable bonds is 33. The molecule has 0 aliphatic heterocycles. The van der Waals surface area contributed by atoms with Crippen LogP contribution in [0.1, 0.15) is 69.8 Å². The molecule has 0 saturated carbocycles. The SMILES string of the molecule is N=C(N)NCCC[C@H](NC(=O)[C@H](CCCCN)NC(=O)CNC(=O)[C@@H](N)Cc1ccccc1)C(=O)N[C@@H](CCCNC(=N)N)C(=O)N[C@@H](CCCCN)C(=O)NCC(=O)NCC(=O)O. The summed E-state index contributed by atoms with van der Waals surface area (Å²) in [6, 6.07) is 3.07. The van der Waals surface area contributed by atoms with Crippen molar-refractivity contribution >= 4 is 59.2 Å². The Kier molecular flexibility index (Phi) is 27.8. The fraction of sp³-hybridized carbons (Fsp3) is 0.590. The van der Waals surface area contributed by atoms with Crippen molar-refractivity contribution in [3.05, 3.63) is 35.9 Å². The molecule has 0 bridgehead atoms. The molecule has 1 aromatic carbocycles. The largest absolute Gasteiger partial charge is 0.480 e. The van der Waals surface area contributed by atoms with E-state index in [0.717, 1.165) is 5.56 Å². The molecule has 1 aromatic rings. The Labute approximate surface area is 372 Å². The van der Waals surface area contributed by atoms with Crippen LogP contribution in [-0.4, -0.2) is 140 Å². The summed E-state index contributed by atoms with van der Waals surface area (Å²) >= 11 is 0. The van der Waals surface area contributed by atoms with Crippen LogP contribution in [-0.2, 0) is 44.8 Å². The maximum Gasteiger partial charge on any atom is 0.322 e. The molecule has 0 aliphatic rings. The van der Waals surface area contributed by atoms with Gasteiger partial charge in [0.1, 0.15) is 30.7 Å². The Morgan fingerprint density at radius 2 is 0.938 bits per heavy atom. The summed E-state index contributed by atoms with van der Waals surface area (Å²) in [6.45, 7) is -0.912. The van der Waals surface area contributed by atoms with E-state index in [1.54, 1.807) is 12.1 Å². The van der Waals surface area contributed by atoms with Gasteiger partial charge in [-0.3, -0.25) is 49.2 Å². The Morgan fingerprint density at radius 1 is 0.516 bits per heavy atom. The third kappa shape index (κ3) is 25.4.